The third-order valence-electron chi connectivity index (χ3n) is 6.41. The Morgan fingerprint density at radius 1 is 0.925 bits per heavy atom. The molecule has 0 aliphatic carbocycles. The van der Waals surface area contributed by atoms with Gasteiger partial charge in [-0.3, -0.25) is 13.9 Å². The molecular weight excluding hydrogens is 569 g/mol. The van der Waals surface area contributed by atoms with Crippen molar-refractivity contribution in [3.05, 3.63) is 99.5 Å². The number of hydrogen-bond acceptors (Lipinski definition) is 4. The van der Waals surface area contributed by atoms with Crippen molar-refractivity contribution in [2.45, 2.75) is 45.7 Å². The van der Waals surface area contributed by atoms with Crippen LogP contribution in [0.4, 0.5) is 5.69 Å². The third-order valence-corrected chi connectivity index (χ3v) is 8.29. The number of carbonyl (C=O) groups excluding carboxylic acids is 2. The van der Waals surface area contributed by atoms with Crippen molar-refractivity contribution in [3.8, 4) is 0 Å². The van der Waals surface area contributed by atoms with Gasteiger partial charge in [-0.2, -0.15) is 0 Å². The lowest BCUT2D eigenvalue weighted by atomic mass is 10.0. The van der Waals surface area contributed by atoms with E-state index < -0.39 is 28.5 Å². The van der Waals surface area contributed by atoms with E-state index in [1.54, 1.807) is 0 Å². The standard InChI is InChI=1S/C30H35Cl2N3O4S/c1-4-5-16-33-30(37)28(18-23-11-7-6-8-12-23)34(20-24-13-9-10-22(2)17-24)29(36)21-35(40(3,38)39)25-14-15-26(31)27(32)19-25/h6-15,17,19,28H,4-5,16,18,20-21H2,1-3H3,(H,33,37). The number of aryl methyl sites for hydroxylation is 1. The quantitative estimate of drug-likeness (QED) is 0.257. The minimum absolute atomic E-state index is 0.123. The van der Waals surface area contributed by atoms with Gasteiger partial charge in [-0.1, -0.05) is 96.7 Å². The van der Waals surface area contributed by atoms with E-state index in [-0.39, 0.29) is 34.6 Å². The molecule has 1 unspecified atom stereocenters. The van der Waals surface area contributed by atoms with Crippen LogP contribution in [0.2, 0.25) is 10.0 Å². The predicted octanol–water partition coefficient (Wildman–Crippen LogP) is 5.62. The van der Waals surface area contributed by atoms with Crippen LogP contribution in [-0.4, -0.2) is 50.5 Å². The van der Waals surface area contributed by atoms with Gasteiger partial charge < -0.3 is 10.2 Å². The molecule has 0 radical (unpaired) electrons. The number of carbonyl (C=O) groups is 2. The summed E-state index contributed by atoms with van der Waals surface area (Å²) in [7, 11) is -3.89. The normalized spacial score (nSPS) is 12.0. The van der Waals surface area contributed by atoms with Crippen molar-refractivity contribution in [1.82, 2.24) is 10.2 Å². The average molecular weight is 605 g/mol. The lowest BCUT2D eigenvalue weighted by Gasteiger charge is -2.33. The zero-order chi connectivity index (χ0) is 29.3. The van der Waals surface area contributed by atoms with E-state index in [0.717, 1.165) is 40.1 Å². The Hall–Kier alpha value is -3.07. The Kier molecular flexibility index (Phi) is 11.4. The molecule has 0 saturated heterocycles. The molecule has 2 amide bonds. The molecule has 0 spiro atoms. The van der Waals surface area contributed by atoms with E-state index in [2.05, 4.69) is 5.32 Å². The van der Waals surface area contributed by atoms with Crippen LogP contribution in [-0.2, 0) is 32.6 Å². The Balaban J connectivity index is 2.04. The molecule has 214 valence electrons. The number of hydrogen-bond donors (Lipinski definition) is 1. The van der Waals surface area contributed by atoms with Crippen molar-refractivity contribution in [1.29, 1.82) is 0 Å². The van der Waals surface area contributed by atoms with Crippen LogP contribution >= 0.6 is 23.2 Å². The number of rotatable bonds is 13. The summed E-state index contributed by atoms with van der Waals surface area (Å²) in [6.45, 7) is 4.06. The zero-order valence-corrected chi connectivity index (χ0v) is 25.3. The van der Waals surface area contributed by atoms with Gasteiger partial charge in [-0.05, 0) is 42.7 Å². The maximum absolute atomic E-state index is 14.1. The van der Waals surface area contributed by atoms with Crippen LogP contribution in [0, 0.1) is 6.92 Å². The molecule has 1 N–H and O–H groups in total. The highest BCUT2D eigenvalue weighted by Gasteiger charge is 2.33. The van der Waals surface area contributed by atoms with E-state index in [0.29, 0.717) is 6.54 Å². The number of unbranched alkanes of at least 4 members (excludes halogenated alkanes) is 1. The maximum Gasteiger partial charge on any atom is 0.244 e. The summed E-state index contributed by atoms with van der Waals surface area (Å²) in [6, 6.07) is 20.6. The molecule has 40 heavy (non-hydrogen) atoms. The number of anilines is 1. The molecule has 10 heteroatoms. The Bertz CT molecular complexity index is 1420. The molecule has 7 nitrogen and oxygen atoms in total. The second kappa shape index (κ2) is 14.5. The Labute approximate surface area is 247 Å². The summed E-state index contributed by atoms with van der Waals surface area (Å²) < 4.78 is 26.7. The van der Waals surface area contributed by atoms with Crippen molar-refractivity contribution in [2.24, 2.45) is 0 Å². The second-order valence-corrected chi connectivity index (χ2v) is 12.5. The molecule has 3 rings (SSSR count). The average Bonchev–Trinajstić information content (AvgIpc) is 2.91. The molecular formula is C30H35Cl2N3O4S. The van der Waals surface area contributed by atoms with E-state index in [4.69, 9.17) is 23.2 Å². The first kappa shape index (κ1) is 31.5. The molecule has 0 fully saturated rings. The lowest BCUT2D eigenvalue weighted by Crippen LogP contribution is -2.53. The maximum atomic E-state index is 14.1. The van der Waals surface area contributed by atoms with Crippen molar-refractivity contribution in [2.75, 3.05) is 23.7 Å². The SMILES string of the molecule is CCCCNC(=O)C(Cc1ccccc1)N(Cc1cccc(C)c1)C(=O)CN(c1ccc(Cl)c(Cl)c1)S(C)(=O)=O. The highest BCUT2D eigenvalue weighted by Crippen LogP contribution is 2.29. The number of nitrogens with zero attached hydrogens (tertiary/aromatic N) is 2. The molecule has 0 aliphatic rings. The van der Waals surface area contributed by atoms with Gasteiger partial charge in [0.05, 0.1) is 22.0 Å². The molecule has 0 aliphatic heterocycles. The smallest absolute Gasteiger partial charge is 0.244 e. The number of halogens is 2. The molecule has 3 aromatic rings. The first-order valence-corrected chi connectivity index (χ1v) is 15.7. The van der Waals surface area contributed by atoms with E-state index >= 15 is 0 Å². The molecule has 0 saturated carbocycles. The van der Waals surface area contributed by atoms with E-state index in [1.165, 1.54) is 23.1 Å². The Morgan fingerprint density at radius 2 is 1.62 bits per heavy atom. The summed E-state index contributed by atoms with van der Waals surface area (Å²) in [5, 5.41) is 3.39. The summed E-state index contributed by atoms with van der Waals surface area (Å²) in [5.74, 6) is -0.816. The largest absolute Gasteiger partial charge is 0.354 e. The minimum Gasteiger partial charge on any atom is -0.354 e. The van der Waals surface area contributed by atoms with E-state index in [1.807, 2.05) is 68.4 Å². The van der Waals surface area contributed by atoms with Crippen LogP contribution in [0.25, 0.3) is 0 Å². The van der Waals surface area contributed by atoms with Crippen LogP contribution in [0.1, 0.15) is 36.5 Å². The monoisotopic (exact) mass is 603 g/mol. The Morgan fingerprint density at radius 3 is 2.25 bits per heavy atom. The topological polar surface area (TPSA) is 86.8 Å². The number of amides is 2. The number of benzene rings is 3. The van der Waals surface area contributed by atoms with Gasteiger partial charge in [0.25, 0.3) is 0 Å². The summed E-state index contributed by atoms with van der Waals surface area (Å²) in [5.41, 5.74) is 2.91. The lowest BCUT2D eigenvalue weighted by molar-refractivity contribution is -0.140. The van der Waals surface area contributed by atoms with Gasteiger partial charge in [0, 0.05) is 19.5 Å². The third kappa shape index (κ3) is 8.98. The van der Waals surface area contributed by atoms with Gasteiger partial charge >= 0.3 is 0 Å². The van der Waals surface area contributed by atoms with Gasteiger partial charge in [0.2, 0.25) is 21.8 Å². The number of nitrogens with one attached hydrogen (secondary N) is 1. The van der Waals surface area contributed by atoms with Gasteiger partial charge in [-0.15, -0.1) is 0 Å². The van der Waals surface area contributed by atoms with Crippen molar-refractivity contribution in [3.63, 3.8) is 0 Å². The van der Waals surface area contributed by atoms with Crippen LogP contribution in [0.15, 0.2) is 72.8 Å². The van der Waals surface area contributed by atoms with Gasteiger partial charge in [0.1, 0.15) is 12.6 Å². The molecule has 0 heterocycles. The highest BCUT2D eigenvalue weighted by molar-refractivity contribution is 7.92. The summed E-state index contributed by atoms with van der Waals surface area (Å²) >= 11 is 12.2. The second-order valence-electron chi connectivity index (χ2n) is 9.73. The summed E-state index contributed by atoms with van der Waals surface area (Å²) in [6.07, 6.45) is 2.99. The molecule has 0 aromatic heterocycles. The molecule has 1 atom stereocenters. The fourth-order valence-electron chi connectivity index (χ4n) is 4.32. The van der Waals surface area contributed by atoms with E-state index in [9.17, 15) is 18.0 Å². The molecule has 3 aromatic carbocycles. The van der Waals surface area contributed by atoms with Crippen LogP contribution in [0.3, 0.4) is 0 Å². The van der Waals surface area contributed by atoms with Gasteiger partial charge in [-0.25, -0.2) is 8.42 Å². The first-order chi connectivity index (χ1) is 19.0. The molecule has 0 bridgehead atoms. The van der Waals surface area contributed by atoms with Crippen LogP contribution < -0.4 is 9.62 Å². The first-order valence-electron chi connectivity index (χ1n) is 13.1. The fraction of sp³-hybridized carbons (Fsp3) is 0.333. The fourth-order valence-corrected chi connectivity index (χ4v) is 5.45. The van der Waals surface area contributed by atoms with Crippen molar-refractivity contribution < 1.29 is 18.0 Å². The van der Waals surface area contributed by atoms with Crippen LogP contribution in [0.5, 0.6) is 0 Å². The van der Waals surface area contributed by atoms with Gasteiger partial charge in [0.15, 0.2) is 0 Å². The highest BCUT2D eigenvalue weighted by atomic mass is 35.5. The van der Waals surface area contributed by atoms with Crippen molar-refractivity contribution >= 4 is 50.7 Å². The minimum atomic E-state index is -3.89. The predicted molar refractivity (Wildman–Crippen MR) is 162 cm³/mol. The zero-order valence-electron chi connectivity index (χ0n) is 22.9. The summed E-state index contributed by atoms with van der Waals surface area (Å²) in [4.78, 5) is 29.1. The number of sulfonamides is 1.